The van der Waals surface area contributed by atoms with E-state index < -0.39 is 21.9 Å². The van der Waals surface area contributed by atoms with Gasteiger partial charge in [0.05, 0.1) is 4.90 Å². The van der Waals surface area contributed by atoms with E-state index in [2.05, 4.69) is 0 Å². The van der Waals surface area contributed by atoms with Crippen LogP contribution in [-0.4, -0.2) is 68.2 Å². The van der Waals surface area contributed by atoms with Crippen LogP contribution in [-0.2, 0) is 10.0 Å². The van der Waals surface area contributed by atoms with Crippen molar-refractivity contribution in [2.75, 3.05) is 39.3 Å². The molecule has 1 aliphatic heterocycles. The van der Waals surface area contributed by atoms with Crippen LogP contribution in [0.4, 0.5) is 4.39 Å². The molecule has 0 radical (unpaired) electrons. The van der Waals surface area contributed by atoms with E-state index in [0.717, 1.165) is 22.9 Å². The van der Waals surface area contributed by atoms with E-state index >= 15 is 0 Å². The molecule has 1 aliphatic rings. The number of aliphatic hydroxyl groups excluding tert-OH is 1. The molecule has 2 aromatic carbocycles. The second kappa shape index (κ2) is 9.21. The molecule has 158 valence electrons. The minimum absolute atomic E-state index is 0.0343. The molecule has 0 bridgehead atoms. The van der Waals surface area contributed by atoms with Crippen molar-refractivity contribution in [1.29, 1.82) is 0 Å². The Morgan fingerprint density at radius 2 is 1.83 bits per heavy atom. The minimum atomic E-state index is -3.71. The molecule has 29 heavy (non-hydrogen) atoms. The lowest BCUT2D eigenvalue weighted by Crippen LogP contribution is -2.50. The summed E-state index contributed by atoms with van der Waals surface area (Å²) in [6.07, 6.45) is -0.679. The Labute approximate surface area is 171 Å². The SMILES string of the molecule is Cc1ccc(C)c(OCC(O)CN2CCN(S(=O)(=O)c3cccc(F)c3)CC2)c1. The normalized spacial score (nSPS) is 17.2. The molecule has 1 fully saturated rings. The van der Waals surface area contributed by atoms with Gasteiger partial charge in [-0.1, -0.05) is 18.2 Å². The number of aryl methyl sites for hydroxylation is 2. The molecule has 1 N–H and O–H groups in total. The molecule has 1 atom stereocenters. The van der Waals surface area contributed by atoms with Gasteiger partial charge >= 0.3 is 0 Å². The van der Waals surface area contributed by atoms with Crippen LogP contribution in [0.1, 0.15) is 11.1 Å². The van der Waals surface area contributed by atoms with E-state index in [-0.39, 0.29) is 11.5 Å². The average molecular weight is 423 g/mol. The predicted molar refractivity (Wildman–Crippen MR) is 109 cm³/mol. The van der Waals surface area contributed by atoms with Gasteiger partial charge in [-0.15, -0.1) is 0 Å². The summed E-state index contributed by atoms with van der Waals surface area (Å²) in [7, 11) is -3.71. The molecule has 0 saturated carbocycles. The smallest absolute Gasteiger partial charge is 0.243 e. The quantitative estimate of drug-likeness (QED) is 0.741. The number of β-amino-alcohol motifs (C(OH)–C–C–N with tert-alkyl or cyclic N) is 1. The van der Waals surface area contributed by atoms with Crippen LogP contribution in [0.15, 0.2) is 47.4 Å². The van der Waals surface area contributed by atoms with E-state index in [0.29, 0.717) is 32.7 Å². The van der Waals surface area contributed by atoms with Crippen LogP contribution in [0.2, 0.25) is 0 Å². The fraction of sp³-hybridized carbons (Fsp3) is 0.429. The molecule has 6 nitrogen and oxygen atoms in total. The number of piperazine rings is 1. The Balaban J connectivity index is 1.50. The van der Waals surface area contributed by atoms with Gasteiger partial charge in [0.1, 0.15) is 24.3 Å². The van der Waals surface area contributed by atoms with Crippen molar-refractivity contribution in [1.82, 2.24) is 9.21 Å². The Kier molecular flexibility index (Phi) is 6.89. The van der Waals surface area contributed by atoms with Crippen molar-refractivity contribution >= 4 is 10.0 Å². The van der Waals surface area contributed by atoms with Gasteiger partial charge in [-0.3, -0.25) is 4.90 Å². The molecule has 0 amide bonds. The van der Waals surface area contributed by atoms with Crippen LogP contribution < -0.4 is 4.74 Å². The molecule has 0 aromatic heterocycles. The summed E-state index contributed by atoms with van der Waals surface area (Å²) in [5, 5.41) is 10.3. The maximum Gasteiger partial charge on any atom is 0.243 e. The van der Waals surface area contributed by atoms with E-state index in [4.69, 9.17) is 4.74 Å². The number of sulfonamides is 1. The lowest BCUT2D eigenvalue weighted by molar-refractivity contribution is 0.0567. The van der Waals surface area contributed by atoms with Gasteiger partial charge < -0.3 is 9.84 Å². The molecular formula is C21H27FN2O4S. The highest BCUT2D eigenvalue weighted by atomic mass is 32.2. The molecule has 1 unspecified atom stereocenters. The number of hydrogen-bond donors (Lipinski definition) is 1. The highest BCUT2D eigenvalue weighted by Crippen LogP contribution is 2.20. The highest BCUT2D eigenvalue weighted by Gasteiger charge is 2.29. The Morgan fingerprint density at radius 3 is 2.52 bits per heavy atom. The molecule has 8 heteroatoms. The van der Waals surface area contributed by atoms with Crippen molar-refractivity contribution in [2.24, 2.45) is 0 Å². The summed E-state index contributed by atoms with van der Waals surface area (Å²) in [6, 6.07) is 11.0. The first-order valence-electron chi connectivity index (χ1n) is 9.62. The van der Waals surface area contributed by atoms with Crippen LogP contribution in [0.3, 0.4) is 0 Å². The summed E-state index contributed by atoms with van der Waals surface area (Å²) in [5.41, 5.74) is 2.11. The molecule has 0 aliphatic carbocycles. The van der Waals surface area contributed by atoms with E-state index in [9.17, 15) is 17.9 Å². The van der Waals surface area contributed by atoms with Crippen molar-refractivity contribution in [3.63, 3.8) is 0 Å². The first kappa shape index (κ1) is 21.7. The number of benzene rings is 2. The zero-order valence-corrected chi connectivity index (χ0v) is 17.5. The maximum absolute atomic E-state index is 13.4. The summed E-state index contributed by atoms with van der Waals surface area (Å²) in [4.78, 5) is 1.97. The highest BCUT2D eigenvalue weighted by molar-refractivity contribution is 7.89. The molecule has 0 spiro atoms. The second-order valence-electron chi connectivity index (χ2n) is 7.40. The number of halogens is 1. The van der Waals surface area contributed by atoms with Crippen LogP contribution in [0, 0.1) is 19.7 Å². The van der Waals surface area contributed by atoms with Gasteiger partial charge in [0, 0.05) is 32.7 Å². The monoisotopic (exact) mass is 422 g/mol. The third kappa shape index (κ3) is 5.54. The minimum Gasteiger partial charge on any atom is -0.491 e. The van der Waals surface area contributed by atoms with Gasteiger partial charge in [0.15, 0.2) is 0 Å². The van der Waals surface area contributed by atoms with Gasteiger partial charge in [0.2, 0.25) is 10.0 Å². The topological polar surface area (TPSA) is 70.1 Å². The molecule has 1 heterocycles. The number of ether oxygens (including phenoxy) is 1. The fourth-order valence-corrected chi connectivity index (χ4v) is 4.78. The zero-order chi connectivity index (χ0) is 21.0. The average Bonchev–Trinajstić information content (AvgIpc) is 2.69. The first-order chi connectivity index (χ1) is 13.8. The van der Waals surface area contributed by atoms with Crippen molar-refractivity contribution in [2.45, 2.75) is 24.8 Å². The molecule has 1 saturated heterocycles. The second-order valence-corrected chi connectivity index (χ2v) is 9.33. The summed E-state index contributed by atoms with van der Waals surface area (Å²) < 4.78 is 45.8. The zero-order valence-electron chi connectivity index (χ0n) is 16.7. The van der Waals surface area contributed by atoms with Crippen LogP contribution in [0.5, 0.6) is 5.75 Å². The summed E-state index contributed by atoms with van der Waals surface area (Å²) in [5.74, 6) is 0.187. The third-order valence-electron chi connectivity index (χ3n) is 5.01. The van der Waals surface area contributed by atoms with Crippen LogP contribution >= 0.6 is 0 Å². The lowest BCUT2D eigenvalue weighted by Gasteiger charge is -2.34. The number of nitrogens with zero attached hydrogens (tertiary/aromatic N) is 2. The van der Waals surface area contributed by atoms with E-state index in [1.807, 2.05) is 36.9 Å². The van der Waals surface area contributed by atoms with Gasteiger partial charge in [-0.25, -0.2) is 12.8 Å². The van der Waals surface area contributed by atoms with Crippen LogP contribution in [0.25, 0.3) is 0 Å². The third-order valence-corrected chi connectivity index (χ3v) is 6.90. The Bertz CT molecular complexity index is 943. The molecule has 2 aromatic rings. The van der Waals surface area contributed by atoms with Crippen molar-refractivity contribution in [3.05, 3.63) is 59.4 Å². The van der Waals surface area contributed by atoms with Crippen molar-refractivity contribution in [3.8, 4) is 5.75 Å². The van der Waals surface area contributed by atoms with Gasteiger partial charge in [-0.2, -0.15) is 4.31 Å². The standard InChI is InChI=1S/C21H27FN2O4S/c1-16-6-7-17(2)21(12-16)28-15-19(25)14-23-8-10-24(11-9-23)29(26,27)20-5-3-4-18(22)13-20/h3-7,12-13,19,25H,8-11,14-15H2,1-2H3. The summed E-state index contributed by atoms with van der Waals surface area (Å²) >= 11 is 0. The molecular weight excluding hydrogens is 395 g/mol. The van der Waals surface area contributed by atoms with E-state index in [1.54, 1.807) is 0 Å². The molecule has 3 rings (SSSR count). The van der Waals surface area contributed by atoms with E-state index in [1.165, 1.54) is 22.5 Å². The van der Waals surface area contributed by atoms with Crippen molar-refractivity contribution < 1.29 is 22.7 Å². The fourth-order valence-electron chi connectivity index (χ4n) is 3.33. The van der Waals surface area contributed by atoms with Gasteiger partial charge in [-0.05, 0) is 49.2 Å². The number of aliphatic hydroxyl groups is 1. The number of rotatable bonds is 7. The maximum atomic E-state index is 13.4. The van der Waals surface area contributed by atoms with Gasteiger partial charge in [0.25, 0.3) is 0 Å². The number of hydrogen-bond acceptors (Lipinski definition) is 5. The first-order valence-corrected chi connectivity index (χ1v) is 11.1. The summed E-state index contributed by atoms with van der Waals surface area (Å²) in [6.45, 7) is 6.10. The Morgan fingerprint density at radius 1 is 1.10 bits per heavy atom. The predicted octanol–water partition coefficient (Wildman–Crippen LogP) is 2.19. The lowest BCUT2D eigenvalue weighted by atomic mass is 10.1. The Hall–Kier alpha value is -2.00. The largest absolute Gasteiger partial charge is 0.491 e.